The summed E-state index contributed by atoms with van der Waals surface area (Å²) in [7, 11) is 0. The SMILES string of the molecule is NCc1cc(F)ccc1N1CCN2C(=O)NCC2C1. The third-order valence-electron chi connectivity index (χ3n) is 3.83. The third-order valence-corrected chi connectivity index (χ3v) is 3.83. The lowest BCUT2D eigenvalue weighted by atomic mass is 10.1. The van der Waals surface area contributed by atoms with Crippen molar-refractivity contribution >= 4 is 11.7 Å². The van der Waals surface area contributed by atoms with Gasteiger partial charge in [0, 0.05) is 38.4 Å². The molecule has 1 aromatic carbocycles. The Kier molecular flexibility index (Phi) is 3.02. The Labute approximate surface area is 111 Å². The first-order valence-electron chi connectivity index (χ1n) is 6.47. The van der Waals surface area contributed by atoms with Crippen LogP contribution in [-0.2, 0) is 6.54 Å². The van der Waals surface area contributed by atoms with E-state index in [1.54, 1.807) is 6.07 Å². The summed E-state index contributed by atoms with van der Waals surface area (Å²) >= 11 is 0. The van der Waals surface area contributed by atoms with Crippen LogP contribution < -0.4 is 16.0 Å². The lowest BCUT2D eigenvalue weighted by Crippen LogP contribution is -2.52. The molecule has 2 amide bonds. The summed E-state index contributed by atoms with van der Waals surface area (Å²) in [6.07, 6.45) is 0. The smallest absolute Gasteiger partial charge is 0.317 e. The molecule has 1 atom stereocenters. The lowest BCUT2D eigenvalue weighted by molar-refractivity contribution is 0.197. The van der Waals surface area contributed by atoms with Crippen molar-refractivity contribution in [2.75, 3.05) is 31.1 Å². The largest absolute Gasteiger partial charge is 0.367 e. The number of nitrogens with one attached hydrogen (secondary N) is 1. The monoisotopic (exact) mass is 264 g/mol. The zero-order valence-electron chi connectivity index (χ0n) is 10.6. The van der Waals surface area contributed by atoms with Crippen molar-refractivity contribution in [2.45, 2.75) is 12.6 Å². The highest BCUT2D eigenvalue weighted by molar-refractivity contribution is 5.77. The molecular weight excluding hydrogens is 247 g/mol. The van der Waals surface area contributed by atoms with Crippen LogP contribution in [0.25, 0.3) is 0 Å². The number of carbonyl (C=O) groups is 1. The van der Waals surface area contributed by atoms with Gasteiger partial charge >= 0.3 is 6.03 Å². The molecule has 0 aliphatic carbocycles. The van der Waals surface area contributed by atoms with Gasteiger partial charge in [-0.2, -0.15) is 0 Å². The minimum absolute atomic E-state index is 0.0165. The summed E-state index contributed by atoms with van der Waals surface area (Å²) in [6, 6.07) is 4.93. The van der Waals surface area contributed by atoms with Gasteiger partial charge in [0.25, 0.3) is 0 Å². The van der Waals surface area contributed by atoms with E-state index in [0.717, 1.165) is 24.3 Å². The van der Waals surface area contributed by atoms with E-state index in [-0.39, 0.29) is 17.9 Å². The molecule has 0 saturated carbocycles. The Balaban J connectivity index is 1.82. The van der Waals surface area contributed by atoms with Crippen LogP contribution in [0.1, 0.15) is 5.56 Å². The van der Waals surface area contributed by atoms with Gasteiger partial charge in [0.15, 0.2) is 0 Å². The van der Waals surface area contributed by atoms with Gasteiger partial charge in [-0.1, -0.05) is 0 Å². The zero-order chi connectivity index (χ0) is 13.4. The highest BCUT2D eigenvalue weighted by atomic mass is 19.1. The predicted octanol–water partition coefficient (Wildman–Crippen LogP) is 0.498. The molecule has 6 heteroatoms. The minimum atomic E-state index is -0.263. The minimum Gasteiger partial charge on any atom is -0.367 e. The van der Waals surface area contributed by atoms with Crippen LogP contribution in [0.3, 0.4) is 0 Å². The molecule has 5 nitrogen and oxygen atoms in total. The number of halogens is 1. The van der Waals surface area contributed by atoms with E-state index >= 15 is 0 Å². The van der Waals surface area contributed by atoms with Gasteiger partial charge in [0.05, 0.1) is 6.04 Å². The molecule has 1 aromatic rings. The van der Waals surface area contributed by atoms with Crippen molar-refractivity contribution in [1.82, 2.24) is 10.2 Å². The maximum Gasteiger partial charge on any atom is 0.317 e. The van der Waals surface area contributed by atoms with Gasteiger partial charge in [-0.15, -0.1) is 0 Å². The number of hydrogen-bond donors (Lipinski definition) is 2. The number of urea groups is 1. The number of nitrogens with two attached hydrogens (primary N) is 1. The molecular formula is C13H17FN4O. The molecule has 2 fully saturated rings. The van der Waals surface area contributed by atoms with Crippen molar-refractivity contribution in [2.24, 2.45) is 5.73 Å². The maximum absolute atomic E-state index is 13.2. The molecule has 2 aliphatic heterocycles. The molecule has 2 heterocycles. The van der Waals surface area contributed by atoms with E-state index in [4.69, 9.17) is 5.73 Å². The van der Waals surface area contributed by atoms with Crippen molar-refractivity contribution in [1.29, 1.82) is 0 Å². The van der Waals surface area contributed by atoms with E-state index < -0.39 is 0 Å². The molecule has 0 radical (unpaired) electrons. The molecule has 3 N–H and O–H groups in total. The predicted molar refractivity (Wildman–Crippen MR) is 70.4 cm³/mol. The number of fused-ring (bicyclic) bond motifs is 1. The normalized spacial score (nSPS) is 22.4. The Morgan fingerprint density at radius 2 is 2.26 bits per heavy atom. The Bertz CT molecular complexity index is 507. The summed E-state index contributed by atoms with van der Waals surface area (Å²) < 4.78 is 13.2. The first kappa shape index (κ1) is 12.2. The Hall–Kier alpha value is -1.82. The fourth-order valence-corrected chi connectivity index (χ4v) is 2.85. The fraction of sp³-hybridized carbons (Fsp3) is 0.462. The van der Waals surface area contributed by atoms with E-state index in [1.807, 2.05) is 4.90 Å². The van der Waals surface area contributed by atoms with Gasteiger partial charge in [0.2, 0.25) is 0 Å². The number of benzene rings is 1. The topological polar surface area (TPSA) is 61.6 Å². The van der Waals surface area contributed by atoms with E-state index in [1.165, 1.54) is 12.1 Å². The third kappa shape index (κ3) is 2.12. The highest BCUT2D eigenvalue weighted by Gasteiger charge is 2.35. The van der Waals surface area contributed by atoms with Crippen LogP contribution >= 0.6 is 0 Å². The molecule has 2 saturated heterocycles. The molecule has 2 aliphatic rings. The van der Waals surface area contributed by atoms with E-state index in [2.05, 4.69) is 10.2 Å². The quantitative estimate of drug-likeness (QED) is 0.817. The van der Waals surface area contributed by atoms with Crippen LogP contribution in [0.5, 0.6) is 0 Å². The highest BCUT2D eigenvalue weighted by Crippen LogP contribution is 2.25. The van der Waals surface area contributed by atoms with Crippen LogP contribution in [-0.4, -0.2) is 43.2 Å². The van der Waals surface area contributed by atoms with Gasteiger partial charge < -0.3 is 20.9 Å². The molecule has 102 valence electrons. The number of piperazine rings is 1. The van der Waals surface area contributed by atoms with Crippen molar-refractivity contribution < 1.29 is 9.18 Å². The summed E-state index contributed by atoms with van der Waals surface area (Å²) in [4.78, 5) is 15.6. The van der Waals surface area contributed by atoms with Crippen LogP contribution in [0, 0.1) is 5.82 Å². The van der Waals surface area contributed by atoms with Gasteiger partial charge in [-0.3, -0.25) is 0 Å². The van der Waals surface area contributed by atoms with Gasteiger partial charge in [0.1, 0.15) is 5.82 Å². The van der Waals surface area contributed by atoms with Crippen LogP contribution in [0.15, 0.2) is 18.2 Å². The molecule has 1 unspecified atom stereocenters. The van der Waals surface area contributed by atoms with Crippen molar-refractivity contribution in [3.8, 4) is 0 Å². The molecule has 3 rings (SSSR count). The molecule has 19 heavy (non-hydrogen) atoms. The summed E-state index contributed by atoms with van der Waals surface area (Å²) in [6.45, 7) is 3.20. The van der Waals surface area contributed by atoms with Crippen molar-refractivity contribution in [3.05, 3.63) is 29.6 Å². The fourth-order valence-electron chi connectivity index (χ4n) is 2.85. The maximum atomic E-state index is 13.2. The number of nitrogens with zero attached hydrogens (tertiary/aromatic N) is 2. The summed E-state index contributed by atoms with van der Waals surface area (Å²) in [5.41, 5.74) is 7.47. The number of amides is 2. The average Bonchev–Trinajstić information content (AvgIpc) is 2.79. The first-order valence-corrected chi connectivity index (χ1v) is 6.47. The Morgan fingerprint density at radius 3 is 3.05 bits per heavy atom. The number of hydrogen-bond acceptors (Lipinski definition) is 3. The average molecular weight is 264 g/mol. The molecule has 0 bridgehead atoms. The first-order chi connectivity index (χ1) is 9.19. The second-order valence-corrected chi connectivity index (χ2v) is 4.96. The number of carbonyl (C=O) groups excluding carboxylic acids is 1. The molecule has 0 aromatic heterocycles. The second-order valence-electron chi connectivity index (χ2n) is 4.96. The van der Waals surface area contributed by atoms with E-state index in [0.29, 0.717) is 19.6 Å². The number of rotatable bonds is 2. The van der Waals surface area contributed by atoms with E-state index in [9.17, 15) is 9.18 Å². The molecule has 0 spiro atoms. The zero-order valence-corrected chi connectivity index (χ0v) is 10.6. The lowest BCUT2D eigenvalue weighted by Gasteiger charge is -2.38. The summed E-state index contributed by atoms with van der Waals surface area (Å²) in [5, 5.41) is 2.85. The van der Waals surface area contributed by atoms with Crippen LogP contribution in [0.2, 0.25) is 0 Å². The van der Waals surface area contributed by atoms with Gasteiger partial charge in [-0.25, -0.2) is 9.18 Å². The number of anilines is 1. The van der Waals surface area contributed by atoms with Crippen molar-refractivity contribution in [3.63, 3.8) is 0 Å². The Morgan fingerprint density at radius 1 is 1.42 bits per heavy atom. The standard InChI is InChI=1S/C13H17FN4O/c14-10-1-2-12(9(5-10)6-15)17-3-4-18-11(8-17)7-16-13(18)19/h1-2,5,11H,3-4,6-8,15H2,(H,16,19). The van der Waals surface area contributed by atoms with Gasteiger partial charge in [-0.05, 0) is 23.8 Å². The summed E-state index contributed by atoms with van der Waals surface area (Å²) in [5.74, 6) is -0.263. The van der Waals surface area contributed by atoms with Crippen LogP contribution in [0.4, 0.5) is 14.9 Å². The second kappa shape index (κ2) is 4.70.